The summed E-state index contributed by atoms with van der Waals surface area (Å²) in [5, 5.41) is 33.1. The highest BCUT2D eigenvalue weighted by atomic mass is 16.4. The molecule has 0 aliphatic carbocycles. The lowest BCUT2D eigenvalue weighted by Crippen LogP contribution is -2.58. The zero-order chi connectivity index (χ0) is 24.7. The lowest BCUT2D eigenvalue weighted by Gasteiger charge is -2.31. The lowest BCUT2D eigenvalue weighted by atomic mass is 10.0. The van der Waals surface area contributed by atoms with Gasteiger partial charge in [0, 0.05) is 13.0 Å². The van der Waals surface area contributed by atoms with Crippen molar-refractivity contribution in [1.82, 2.24) is 15.5 Å². The molecule has 4 unspecified atom stereocenters. The minimum atomic E-state index is -1.22. The Morgan fingerprint density at radius 3 is 2.33 bits per heavy atom. The third kappa shape index (κ3) is 6.90. The molecule has 0 spiro atoms. The fourth-order valence-corrected chi connectivity index (χ4v) is 3.67. The Morgan fingerprint density at radius 1 is 1.15 bits per heavy atom. The van der Waals surface area contributed by atoms with E-state index in [0.717, 1.165) is 0 Å². The highest BCUT2D eigenvalue weighted by Crippen LogP contribution is 2.21. The van der Waals surface area contributed by atoms with Crippen molar-refractivity contribution in [2.75, 3.05) is 13.2 Å². The van der Waals surface area contributed by atoms with Crippen LogP contribution in [0.3, 0.4) is 0 Å². The van der Waals surface area contributed by atoms with Crippen molar-refractivity contribution in [1.29, 1.82) is 0 Å². The molecule has 1 aliphatic heterocycles. The van der Waals surface area contributed by atoms with Crippen LogP contribution in [0.2, 0.25) is 0 Å². The molecule has 11 nitrogen and oxygen atoms in total. The second-order valence-electron chi connectivity index (χ2n) is 8.48. The molecule has 1 saturated heterocycles. The van der Waals surface area contributed by atoms with E-state index in [0.29, 0.717) is 18.4 Å². The number of carbonyl (C=O) groups is 4. The number of aliphatic hydroxyl groups excluding tert-OH is 1. The molecule has 0 bridgehead atoms. The third-order valence-corrected chi connectivity index (χ3v) is 5.59. The lowest BCUT2D eigenvalue weighted by molar-refractivity contribution is -0.145. The van der Waals surface area contributed by atoms with Gasteiger partial charge >= 0.3 is 5.97 Å². The van der Waals surface area contributed by atoms with Gasteiger partial charge in [0.05, 0.1) is 6.61 Å². The molecule has 0 radical (unpaired) electrons. The van der Waals surface area contributed by atoms with Crippen LogP contribution in [0.15, 0.2) is 24.3 Å². The molecule has 0 aromatic heterocycles. The van der Waals surface area contributed by atoms with E-state index >= 15 is 0 Å². The fourth-order valence-electron chi connectivity index (χ4n) is 3.67. The number of phenols is 1. The number of amides is 3. The highest BCUT2D eigenvalue weighted by Gasteiger charge is 2.40. The van der Waals surface area contributed by atoms with Gasteiger partial charge in [0.25, 0.3) is 0 Å². The maximum absolute atomic E-state index is 13.2. The molecule has 1 fully saturated rings. The molecule has 4 atom stereocenters. The predicted molar refractivity (Wildman–Crippen MR) is 118 cm³/mol. The average Bonchev–Trinajstić information content (AvgIpc) is 3.27. The average molecular weight is 465 g/mol. The summed E-state index contributed by atoms with van der Waals surface area (Å²) in [4.78, 5) is 51.3. The molecular formula is C22H32N4O7. The van der Waals surface area contributed by atoms with Crippen molar-refractivity contribution in [3.63, 3.8) is 0 Å². The first-order valence-electron chi connectivity index (χ1n) is 10.8. The van der Waals surface area contributed by atoms with E-state index in [2.05, 4.69) is 10.6 Å². The van der Waals surface area contributed by atoms with Gasteiger partial charge in [-0.15, -0.1) is 0 Å². The second kappa shape index (κ2) is 11.6. The van der Waals surface area contributed by atoms with Crippen molar-refractivity contribution >= 4 is 23.7 Å². The van der Waals surface area contributed by atoms with Crippen LogP contribution in [-0.2, 0) is 25.6 Å². The van der Waals surface area contributed by atoms with Crippen LogP contribution >= 0.6 is 0 Å². The zero-order valence-corrected chi connectivity index (χ0v) is 18.7. The maximum Gasteiger partial charge on any atom is 0.326 e. The van der Waals surface area contributed by atoms with E-state index in [-0.39, 0.29) is 24.6 Å². The molecule has 3 amide bonds. The molecule has 2 rings (SSSR count). The van der Waals surface area contributed by atoms with Gasteiger partial charge < -0.3 is 36.6 Å². The van der Waals surface area contributed by atoms with E-state index in [1.54, 1.807) is 26.0 Å². The summed E-state index contributed by atoms with van der Waals surface area (Å²) in [6, 6.07) is 1.77. The van der Waals surface area contributed by atoms with Crippen LogP contribution in [0.5, 0.6) is 5.75 Å². The molecule has 0 saturated carbocycles. The first kappa shape index (κ1) is 26.1. The first-order valence-corrected chi connectivity index (χ1v) is 10.8. The number of hydrogen-bond donors (Lipinski definition) is 6. The molecule has 1 aromatic carbocycles. The third-order valence-electron chi connectivity index (χ3n) is 5.59. The summed E-state index contributed by atoms with van der Waals surface area (Å²) in [7, 11) is 0. The van der Waals surface area contributed by atoms with Gasteiger partial charge in [-0.2, -0.15) is 0 Å². The minimum Gasteiger partial charge on any atom is -0.508 e. The molecule has 1 heterocycles. The van der Waals surface area contributed by atoms with Crippen LogP contribution in [0.1, 0.15) is 32.3 Å². The number of aromatic hydroxyl groups is 1. The standard InChI is InChI=1S/C22H32N4O7/c1-12(2)18(25-19(29)15(23)11-27)21(31)26-9-3-4-17(26)20(30)24-16(22(32)33)10-13-5-7-14(28)8-6-13/h5-8,12,15-18,27-28H,3-4,9-11,23H2,1-2H3,(H,24,30)(H,25,29)(H,32,33). The number of aliphatic hydroxyl groups is 1. The summed E-state index contributed by atoms with van der Waals surface area (Å²) in [5.74, 6) is -3.22. The summed E-state index contributed by atoms with van der Waals surface area (Å²) in [5.41, 5.74) is 6.14. The number of benzene rings is 1. The Labute approximate surface area is 191 Å². The van der Waals surface area contributed by atoms with Crippen LogP contribution in [-0.4, -0.2) is 81.2 Å². The van der Waals surface area contributed by atoms with Gasteiger partial charge in [0.1, 0.15) is 29.9 Å². The molecule has 7 N–H and O–H groups in total. The van der Waals surface area contributed by atoms with Crippen molar-refractivity contribution in [3.8, 4) is 5.75 Å². The normalized spacial score (nSPS) is 18.5. The van der Waals surface area contributed by atoms with Gasteiger partial charge in [-0.1, -0.05) is 26.0 Å². The number of nitrogens with two attached hydrogens (primary N) is 1. The number of rotatable bonds is 10. The number of nitrogens with one attached hydrogen (secondary N) is 2. The quantitative estimate of drug-likeness (QED) is 0.254. The Balaban J connectivity index is 2.11. The zero-order valence-electron chi connectivity index (χ0n) is 18.7. The van der Waals surface area contributed by atoms with Crippen LogP contribution in [0, 0.1) is 5.92 Å². The largest absolute Gasteiger partial charge is 0.508 e. The number of aliphatic carboxylic acids is 1. The summed E-state index contributed by atoms with van der Waals surface area (Å²) in [6.45, 7) is 3.18. The van der Waals surface area contributed by atoms with Crippen molar-refractivity contribution in [3.05, 3.63) is 29.8 Å². The van der Waals surface area contributed by atoms with E-state index in [9.17, 15) is 29.4 Å². The Bertz CT molecular complexity index is 859. The number of nitrogens with zero attached hydrogens (tertiary/aromatic N) is 1. The molecular weight excluding hydrogens is 432 g/mol. The predicted octanol–water partition coefficient (Wildman–Crippen LogP) is -1.04. The fraction of sp³-hybridized carbons (Fsp3) is 0.545. The van der Waals surface area contributed by atoms with Crippen molar-refractivity contribution in [2.45, 2.75) is 57.3 Å². The SMILES string of the molecule is CC(C)C(NC(=O)C(N)CO)C(=O)N1CCCC1C(=O)NC(Cc1ccc(O)cc1)C(=O)O. The van der Waals surface area contributed by atoms with Gasteiger partial charge in [-0.3, -0.25) is 14.4 Å². The molecule has 11 heteroatoms. The first-order chi connectivity index (χ1) is 15.5. The van der Waals surface area contributed by atoms with E-state index in [1.807, 2.05) is 0 Å². The van der Waals surface area contributed by atoms with E-state index in [1.165, 1.54) is 17.0 Å². The highest BCUT2D eigenvalue weighted by molar-refractivity contribution is 5.94. The maximum atomic E-state index is 13.2. The Morgan fingerprint density at radius 2 is 1.79 bits per heavy atom. The number of phenolic OH excluding ortho intramolecular Hbond substituents is 1. The number of carboxylic acid groups (broad SMARTS) is 1. The summed E-state index contributed by atoms with van der Waals surface area (Å²) >= 11 is 0. The van der Waals surface area contributed by atoms with E-state index in [4.69, 9.17) is 10.8 Å². The Hall–Kier alpha value is -3.18. The molecule has 1 aromatic rings. The summed E-state index contributed by atoms with van der Waals surface area (Å²) < 4.78 is 0. The smallest absolute Gasteiger partial charge is 0.326 e. The van der Waals surface area contributed by atoms with Gasteiger partial charge in [0.2, 0.25) is 17.7 Å². The van der Waals surface area contributed by atoms with Crippen LogP contribution in [0.4, 0.5) is 0 Å². The minimum absolute atomic E-state index is 0.00570. The van der Waals surface area contributed by atoms with Crippen molar-refractivity contribution < 1.29 is 34.5 Å². The second-order valence-corrected chi connectivity index (χ2v) is 8.48. The number of carbonyl (C=O) groups excluding carboxylic acids is 3. The molecule has 1 aliphatic rings. The van der Waals surface area contributed by atoms with Gasteiger partial charge in [0.15, 0.2) is 0 Å². The number of likely N-dealkylation sites (tertiary alicyclic amines) is 1. The molecule has 182 valence electrons. The van der Waals surface area contributed by atoms with Crippen LogP contribution in [0.25, 0.3) is 0 Å². The number of hydrogen-bond acceptors (Lipinski definition) is 7. The topological polar surface area (TPSA) is 182 Å². The van der Waals surface area contributed by atoms with Crippen molar-refractivity contribution in [2.24, 2.45) is 11.7 Å². The Kier molecular flexibility index (Phi) is 9.18. The van der Waals surface area contributed by atoms with Gasteiger partial charge in [-0.25, -0.2) is 4.79 Å². The summed E-state index contributed by atoms with van der Waals surface area (Å²) in [6.07, 6.45) is 0.915. The molecule has 33 heavy (non-hydrogen) atoms. The van der Waals surface area contributed by atoms with Crippen LogP contribution < -0.4 is 16.4 Å². The monoisotopic (exact) mass is 464 g/mol. The van der Waals surface area contributed by atoms with E-state index < -0.39 is 54.5 Å². The number of carboxylic acids is 1. The van der Waals surface area contributed by atoms with Gasteiger partial charge in [-0.05, 0) is 36.5 Å².